The molecule has 3 fully saturated rings. The standard InChI is InChI=1S/C8H11GeNO6/c1-2-9-14-6(11)3-10(4-7(12)15-9)5-8(13)16-9/h2-5H2,1H3. The van der Waals surface area contributed by atoms with Gasteiger partial charge in [0.2, 0.25) is 0 Å². The average molecular weight is 290 g/mol. The van der Waals surface area contributed by atoms with E-state index in [2.05, 4.69) is 0 Å². The van der Waals surface area contributed by atoms with Crippen LogP contribution in [0, 0.1) is 0 Å². The first-order valence-corrected chi connectivity index (χ1v) is 8.96. The molecule has 3 saturated heterocycles. The van der Waals surface area contributed by atoms with Crippen LogP contribution in [0.5, 0.6) is 0 Å². The maximum atomic E-state index is 11.4. The van der Waals surface area contributed by atoms with Crippen LogP contribution in [0.4, 0.5) is 0 Å². The van der Waals surface area contributed by atoms with Gasteiger partial charge in [-0.15, -0.1) is 0 Å². The molecule has 7 nitrogen and oxygen atoms in total. The van der Waals surface area contributed by atoms with Crippen molar-refractivity contribution < 1.29 is 25.7 Å². The Labute approximate surface area is 95.0 Å². The van der Waals surface area contributed by atoms with Crippen molar-refractivity contribution in [2.75, 3.05) is 19.6 Å². The second kappa shape index (κ2) is 4.06. The van der Waals surface area contributed by atoms with Crippen LogP contribution < -0.4 is 0 Å². The molecule has 0 aromatic rings. The molecule has 0 aromatic heterocycles. The molecule has 0 spiro atoms. The van der Waals surface area contributed by atoms with Gasteiger partial charge < -0.3 is 0 Å². The van der Waals surface area contributed by atoms with Crippen molar-refractivity contribution in [3.8, 4) is 0 Å². The van der Waals surface area contributed by atoms with Crippen LogP contribution in [-0.4, -0.2) is 56.7 Å². The summed E-state index contributed by atoms with van der Waals surface area (Å²) in [5, 5.41) is 0.253. The summed E-state index contributed by atoms with van der Waals surface area (Å²) in [6.45, 7) is 1.46. The predicted molar refractivity (Wildman–Crippen MR) is 51.0 cm³/mol. The van der Waals surface area contributed by atoms with Gasteiger partial charge in [-0.05, 0) is 0 Å². The molecule has 3 aliphatic heterocycles. The zero-order valence-corrected chi connectivity index (χ0v) is 10.8. The molecule has 0 amide bonds. The second-order valence-electron chi connectivity index (χ2n) is 3.60. The molecule has 0 aromatic carbocycles. The van der Waals surface area contributed by atoms with Crippen LogP contribution in [0.2, 0.25) is 5.25 Å². The fourth-order valence-corrected chi connectivity index (χ4v) is 5.37. The summed E-state index contributed by atoms with van der Waals surface area (Å²) in [4.78, 5) is 35.6. The summed E-state index contributed by atoms with van der Waals surface area (Å²) in [7, 11) is 0. The first-order chi connectivity index (χ1) is 7.53. The van der Waals surface area contributed by atoms with Crippen LogP contribution >= 0.6 is 0 Å². The minimum atomic E-state index is -4.02. The molecule has 0 atom stereocenters. The second-order valence-corrected chi connectivity index (χ2v) is 9.24. The summed E-state index contributed by atoms with van der Waals surface area (Å²) >= 11 is -4.02. The van der Waals surface area contributed by atoms with Crippen molar-refractivity contribution >= 4 is 32.2 Å². The topological polar surface area (TPSA) is 82.1 Å². The van der Waals surface area contributed by atoms with Gasteiger partial charge in [0.05, 0.1) is 0 Å². The molecule has 3 rings (SSSR count). The van der Waals surface area contributed by atoms with Gasteiger partial charge in [-0.25, -0.2) is 0 Å². The number of hydrogen-bond donors (Lipinski definition) is 0. The van der Waals surface area contributed by atoms with E-state index in [1.807, 2.05) is 0 Å². The molecular formula is C8H11GeNO6. The van der Waals surface area contributed by atoms with E-state index in [1.165, 1.54) is 4.90 Å². The van der Waals surface area contributed by atoms with Crippen LogP contribution in [0.15, 0.2) is 0 Å². The van der Waals surface area contributed by atoms with Gasteiger partial charge in [0, 0.05) is 0 Å². The Morgan fingerprint density at radius 1 is 1.00 bits per heavy atom. The summed E-state index contributed by atoms with van der Waals surface area (Å²) in [5.74, 6) is -1.49. The van der Waals surface area contributed by atoms with Gasteiger partial charge >= 0.3 is 94.6 Å². The van der Waals surface area contributed by atoms with Crippen molar-refractivity contribution in [3.05, 3.63) is 0 Å². The molecule has 16 heavy (non-hydrogen) atoms. The van der Waals surface area contributed by atoms with Gasteiger partial charge in [0.1, 0.15) is 0 Å². The molecule has 88 valence electrons. The normalized spacial score (nSPS) is 34.3. The number of carbonyl (C=O) groups excluding carboxylic acids is 3. The van der Waals surface area contributed by atoms with E-state index >= 15 is 0 Å². The van der Waals surface area contributed by atoms with E-state index < -0.39 is 32.2 Å². The van der Waals surface area contributed by atoms with Crippen molar-refractivity contribution in [1.29, 1.82) is 0 Å². The quantitative estimate of drug-likeness (QED) is 0.567. The van der Waals surface area contributed by atoms with Gasteiger partial charge in [0.25, 0.3) is 0 Å². The van der Waals surface area contributed by atoms with Crippen LogP contribution in [-0.2, 0) is 25.7 Å². The Morgan fingerprint density at radius 3 is 1.69 bits per heavy atom. The first-order valence-electron chi connectivity index (χ1n) is 4.91. The third kappa shape index (κ3) is 2.19. The monoisotopic (exact) mass is 291 g/mol. The Balaban J connectivity index is 2.34. The van der Waals surface area contributed by atoms with Crippen molar-refractivity contribution in [2.45, 2.75) is 12.2 Å². The predicted octanol–water partition coefficient (Wildman–Crippen LogP) is -1.10. The molecule has 8 heteroatoms. The third-order valence-electron chi connectivity index (χ3n) is 2.30. The SMILES string of the molecule is C[CH2][Ge]12[O]C(=O)CN(CC(=O)[O]1)CC(=O)[O]2. The summed E-state index contributed by atoms with van der Waals surface area (Å²) < 4.78 is 15.2. The average Bonchev–Trinajstić information content (AvgIpc) is 2.11. The number of nitrogens with zero attached hydrogens (tertiary/aromatic N) is 1. The molecule has 0 unspecified atom stereocenters. The molecule has 3 aliphatic rings. The Hall–Kier alpha value is -1.09. The minimum absolute atomic E-state index is 0.0722. The zero-order chi connectivity index (χ0) is 11.8. The molecule has 3 heterocycles. The van der Waals surface area contributed by atoms with Gasteiger partial charge in [-0.1, -0.05) is 0 Å². The summed E-state index contributed by atoms with van der Waals surface area (Å²) in [6, 6.07) is 0. The Morgan fingerprint density at radius 2 is 1.38 bits per heavy atom. The van der Waals surface area contributed by atoms with E-state index in [9.17, 15) is 14.4 Å². The molecule has 0 radical (unpaired) electrons. The van der Waals surface area contributed by atoms with Gasteiger partial charge in [0.15, 0.2) is 0 Å². The number of rotatable bonds is 1. The molecular weight excluding hydrogens is 279 g/mol. The van der Waals surface area contributed by atoms with E-state index in [0.29, 0.717) is 0 Å². The van der Waals surface area contributed by atoms with E-state index in [4.69, 9.17) is 11.3 Å². The third-order valence-corrected chi connectivity index (χ3v) is 7.51. The van der Waals surface area contributed by atoms with Crippen LogP contribution in [0.25, 0.3) is 0 Å². The van der Waals surface area contributed by atoms with Crippen molar-refractivity contribution in [3.63, 3.8) is 0 Å². The fourth-order valence-electron chi connectivity index (χ4n) is 1.61. The summed E-state index contributed by atoms with van der Waals surface area (Å²) in [5.41, 5.74) is 0. The summed E-state index contributed by atoms with van der Waals surface area (Å²) in [6.07, 6.45) is 0. The van der Waals surface area contributed by atoms with E-state index in [-0.39, 0.29) is 24.9 Å². The number of fused-ring (bicyclic) bond motifs is 6. The Kier molecular flexibility index (Phi) is 2.89. The molecule has 2 bridgehead atoms. The fraction of sp³-hybridized carbons (Fsp3) is 0.625. The number of carbonyl (C=O) groups is 3. The van der Waals surface area contributed by atoms with Crippen LogP contribution in [0.3, 0.4) is 0 Å². The number of hydrogen-bond acceptors (Lipinski definition) is 7. The van der Waals surface area contributed by atoms with E-state index in [0.717, 1.165) is 0 Å². The maximum absolute atomic E-state index is 11.4. The molecule has 0 N–H and O–H groups in total. The Bertz CT molecular complexity index is 306. The van der Waals surface area contributed by atoms with Crippen molar-refractivity contribution in [1.82, 2.24) is 4.90 Å². The first kappa shape index (κ1) is 11.4. The van der Waals surface area contributed by atoms with E-state index in [1.54, 1.807) is 6.92 Å². The van der Waals surface area contributed by atoms with Gasteiger partial charge in [-0.3, -0.25) is 0 Å². The molecule has 0 aliphatic carbocycles. The van der Waals surface area contributed by atoms with Gasteiger partial charge in [-0.2, -0.15) is 0 Å². The van der Waals surface area contributed by atoms with Crippen molar-refractivity contribution in [2.24, 2.45) is 0 Å². The zero-order valence-electron chi connectivity index (χ0n) is 8.73. The molecule has 0 saturated carbocycles. The van der Waals surface area contributed by atoms with Crippen LogP contribution in [0.1, 0.15) is 6.92 Å².